The Hall–Kier alpha value is -2.26. The number of benzene rings is 1. The molecule has 0 saturated carbocycles. The first-order valence-electron chi connectivity index (χ1n) is 8.24. The van der Waals surface area contributed by atoms with Gasteiger partial charge in [-0.2, -0.15) is 26.3 Å². The van der Waals surface area contributed by atoms with Gasteiger partial charge in [-0.1, -0.05) is 0 Å². The van der Waals surface area contributed by atoms with Crippen molar-refractivity contribution in [2.24, 2.45) is 0 Å². The highest BCUT2D eigenvalue weighted by Gasteiger charge is 2.38. The Kier molecular flexibility index (Phi) is 5.77. The van der Waals surface area contributed by atoms with E-state index in [1.165, 1.54) is 4.90 Å². The number of carbonyl (C=O) groups is 2. The number of piperidine rings is 1. The van der Waals surface area contributed by atoms with Crippen molar-refractivity contribution >= 4 is 17.5 Å². The molecule has 0 aromatic heterocycles. The van der Waals surface area contributed by atoms with E-state index in [0.717, 1.165) is 6.42 Å². The number of likely N-dealkylation sites (tertiary alicyclic amines) is 1. The number of anilines is 1. The minimum Gasteiger partial charge on any atom is -0.329 e. The number of halogens is 6. The lowest BCUT2D eigenvalue weighted by molar-refractivity contribution is -0.147. The Morgan fingerprint density at radius 3 is 1.78 bits per heavy atom. The van der Waals surface area contributed by atoms with Crippen LogP contribution < -0.4 is 5.32 Å². The average molecular weight is 396 g/mol. The van der Waals surface area contributed by atoms with Crippen molar-refractivity contribution in [2.75, 3.05) is 5.32 Å². The lowest BCUT2D eigenvalue weighted by atomic mass is 9.97. The molecule has 1 N–H and O–H groups in total. The van der Waals surface area contributed by atoms with Crippen molar-refractivity contribution < 1.29 is 35.9 Å². The molecule has 10 heteroatoms. The van der Waals surface area contributed by atoms with Gasteiger partial charge in [0.2, 0.25) is 0 Å². The SMILES string of the molecule is CC1CCCC(C)N1C(=O)C(=O)Nc1cc(C(F)(F)F)cc(C(F)(F)F)c1. The molecule has 0 spiro atoms. The van der Waals surface area contributed by atoms with E-state index in [-0.39, 0.29) is 18.2 Å². The molecule has 1 saturated heterocycles. The summed E-state index contributed by atoms with van der Waals surface area (Å²) in [5.74, 6) is -2.26. The van der Waals surface area contributed by atoms with E-state index in [1.54, 1.807) is 13.8 Å². The van der Waals surface area contributed by atoms with Crippen molar-refractivity contribution in [3.8, 4) is 0 Å². The van der Waals surface area contributed by atoms with Crippen molar-refractivity contribution in [2.45, 2.75) is 57.5 Å². The molecule has 1 fully saturated rings. The van der Waals surface area contributed by atoms with Gasteiger partial charge in [0.15, 0.2) is 0 Å². The molecule has 2 rings (SSSR count). The van der Waals surface area contributed by atoms with Crippen LogP contribution in [0.3, 0.4) is 0 Å². The number of nitrogens with zero attached hydrogens (tertiary/aromatic N) is 1. The monoisotopic (exact) mass is 396 g/mol. The summed E-state index contributed by atoms with van der Waals surface area (Å²) < 4.78 is 77.2. The van der Waals surface area contributed by atoms with Gasteiger partial charge in [-0.05, 0) is 51.3 Å². The van der Waals surface area contributed by atoms with Gasteiger partial charge in [-0.15, -0.1) is 0 Å². The van der Waals surface area contributed by atoms with E-state index in [4.69, 9.17) is 0 Å². The van der Waals surface area contributed by atoms with E-state index >= 15 is 0 Å². The summed E-state index contributed by atoms with van der Waals surface area (Å²) in [5.41, 5.74) is -3.88. The third-order valence-corrected chi connectivity index (χ3v) is 4.47. The fourth-order valence-corrected chi connectivity index (χ4v) is 3.15. The van der Waals surface area contributed by atoms with Crippen LogP contribution in [0.1, 0.15) is 44.2 Å². The van der Waals surface area contributed by atoms with Crippen LogP contribution >= 0.6 is 0 Å². The summed E-state index contributed by atoms with van der Waals surface area (Å²) in [6.45, 7) is 3.46. The minimum absolute atomic E-state index is 0.0493. The zero-order chi connectivity index (χ0) is 20.6. The third kappa shape index (κ3) is 4.92. The molecular weight excluding hydrogens is 378 g/mol. The van der Waals surface area contributed by atoms with Crippen LogP contribution in [0.2, 0.25) is 0 Å². The molecule has 0 bridgehead atoms. The van der Waals surface area contributed by atoms with E-state index in [1.807, 2.05) is 5.32 Å². The van der Waals surface area contributed by atoms with Gasteiger partial charge in [-0.25, -0.2) is 0 Å². The van der Waals surface area contributed by atoms with Crippen molar-refractivity contribution in [3.63, 3.8) is 0 Å². The van der Waals surface area contributed by atoms with Gasteiger partial charge in [0.25, 0.3) is 0 Å². The van der Waals surface area contributed by atoms with E-state index in [9.17, 15) is 35.9 Å². The largest absolute Gasteiger partial charge is 0.416 e. The summed E-state index contributed by atoms with van der Waals surface area (Å²) in [4.78, 5) is 25.8. The summed E-state index contributed by atoms with van der Waals surface area (Å²) in [7, 11) is 0. The second-order valence-electron chi connectivity index (χ2n) is 6.59. The molecule has 1 heterocycles. The molecule has 150 valence electrons. The smallest absolute Gasteiger partial charge is 0.329 e. The van der Waals surface area contributed by atoms with Gasteiger partial charge in [-0.3, -0.25) is 9.59 Å². The number of alkyl halides is 6. The van der Waals surface area contributed by atoms with Crippen LogP contribution in [-0.2, 0) is 21.9 Å². The van der Waals surface area contributed by atoms with Gasteiger partial charge >= 0.3 is 24.2 Å². The van der Waals surface area contributed by atoms with Crippen molar-refractivity contribution in [1.82, 2.24) is 4.90 Å². The Balaban J connectivity index is 2.30. The zero-order valence-electron chi connectivity index (χ0n) is 14.5. The maximum absolute atomic E-state index is 12.9. The minimum atomic E-state index is -5.04. The molecular formula is C17H18F6N2O2. The number of hydrogen-bond acceptors (Lipinski definition) is 2. The molecule has 0 radical (unpaired) electrons. The molecule has 1 aromatic carbocycles. The van der Waals surface area contributed by atoms with Gasteiger partial charge in [0, 0.05) is 17.8 Å². The van der Waals surface area contributed by atoms with Crippen LogP contribution in [0.4, 0.5) is 32.0 Å². The highest BCUT2D eigenvalue weighted by Crippen LogP contribution is 2.37. The molecule has 1 aromatic rings. The second kappa shape index (κ2) is 7.40. The number of carbonyl (C=O) groups excluding carboxylic acids is 2. The van der Waals surface area contributed by atoms with Gasteiger partial charge in [0.1, 0.15) is 0 Å². The standard InChI is InChI=1S/C17H18F6N2O2/c1-9-4-3-5-10(2)25(9)15(27)14(26)24-13-7-11(16(18,19)20)6-12(8-13)17(21,22)23/h6-10H,3-5H2,1-2H3,(H,24,26). The Morgan fingerprint density at radius 1 is 0.926 bits per heavy atom. The first-order valence-corrected chi connectivity index (χ1v) is 8.24. The first kappa shape index (κ1) is 21.0. The maximum Gasteiger partial charge on any atom is 0.416 e. The van der Waals surface area contributed by atoms with E-state index < -0.39 is 41.0 Å². The van der Waals surface area contributed by atoms with Gasteiger partial charge < -0.3 is 10.2 Å². The lowest BCUT2D eigenvalue weighted by Gasteiger charge is -2.38. The second-order valence-corrected chi connectivity index (χ2v) is 6.59. The summed E-state index contributed by atoms with van der Waals surface area (Å²) in [6, 6.07) is 0.178. The van der Waals surface area contributed by atoms with Crippen LogP contribution in [0, 0.1) is 0 Å². The number of nitrogens with one attached hydrogen (secondary N) is 1. The summed E-state index contributed by atoms with van der Waals surface area (Å²) >= 11 is 0. The highest BCUT2D eigenvalue weighted by atomic mass is 19.4. The molecule has 2 unspecified atom stereocenters. The number of hydrogen-bond donors (Lipinski definition) is 1. The van der Waals surface area contributed by atoms with Crippen LogP contribution in [0.15, 0.2) is 18.2 Å². The Morgan fingerprint density at radius 2 is 1.37 bits per heavy atom. The molecule has 1 aliphatic heterocycles. The van der Waals surface area contributed by atoms with Gasteiger partial charge in [0.05, 0.1) is 11.1 Å². The van der Waals surface area contributed by atoms with E-state index in [2.05, 4.69) is 0 Å². The topological polar surface area (TPSA) is 49.4 Å². The maximum atomic E-state index is 12.9. The Bertz CT molecular complexity index is 687. The number of amides is 2. The molecule has 2 atom stereocenters. The fourth-order valence-electron chi connectivity index (χ4n) is 3.15. The molecule has 2 amide bonds. The third-order valence-electron chi connectivity index (χ3n) is 4.47. The predicted octanol–water partition coefficient (Wildman–Crippen LogP) is 4.45. The lowest BCUT2D eigenvalue weighted by Crippen LogP contribution is -2.51. The molecule has 1 aliphatic rings. The highest BCUT2D eigenvalue weighted by molar-refractivity contribution is 6.39. The van der Waals surface area contributed by atoms with Crippen LogP contribution in [0.5, 0.6) is 0 Å². The molecule has 4 nitrogen and oxygen atoms in total. The average Bonchev–Trinajstić information content (AvgIpc) is 2.52. The molecule has 27 heavy (non-hydrogen) atoms. The Labute approximate surface area is 151 Å². The van der Waals surface area contributed by atoms with Crippen molar-refractivity contribution in [3.05, 3.63) is 29.3 Å². The molecule has 0 aliphatic carbocycles. The van der Waals surface area contributed by atoms with Crippen LogP contribution in [0.25, 0.3) is 0 Å². The summed E-state index contributed by atoms with van der Waals surface area (Å²) in [5, 5.41) is 1.87. The zero-order valence-corrected chi connectivity index (χ0v) is 14.5. The first-order chi connectivity index (χ1) is 12.3. The fraction of sp³-hybridized carbons (Fsp3) is 0.529. The summed E-state index contributed by atoms with van der Waals surface area (Å²) in [6.07, 6.45) is -7.91. The van der Waals surface area contributed by atoms with Crippen molar-refractivity contribution in [1.29, 1.82) is 0 Å². The van der Waals surface area contributed by atoms with Crippen LogP contribution in [-0.4, -0.2) is 28.8 Å². The quantitative estimate of drug-likeness (QED) is 0.563. The van der Waals surface area contributed by atoms with E-state index in [0.29, 0.717) is 25.0 Å². The number of rotatable bonds is 1. The predicted molar refractivity (Wildman–Crippen MR) is 84.7 cm³/mol. The normalized spacial score (nSPS) is 21.1.